The molecule has 2 N–H and O–H groups in total. The van der Waals surface area contributed by atoms with Crippen molar-refractivity contribution in [3.8, 4) is 56.3 Å². The fraction of sp³-hybridized carbons (Fsp3) is 0.279. The Kier molecular flexibility index (Phi) is 18.8. The second-order valence-corrected chi connectivity index (χ2v) is 24.0. The fourth-order valence-corrected chi connectivity index (χ4v) is 11.1. The van der Waals surface area contributed by atoms with Crippen molar-refractivity contribution in [3.05, 3.63) is 171 Å². The van der Waals surface area contributed by atoms with E-state index in [1.165, 1.54) is 49.5 Å². The zero-order valence-corrected chi connectivity index (χ0v) is 55.8. The van der Waals surface area contributed by atoms with Crippen molar-refractivity contribution >= 4 is 84.4 Å². The molecule has 28 nitrogen and oxygen atoms in total. The summed E-state index contributed by atoms with van der Waals surface area (Å²) in [6, 6.07) is 15.3. The number of rotatable bonds is 7. The number of H-pyrrole nitrogens is 1. The molecule has 15 heterocycles. The Balaban J connectivity index is 0.000000114. The number of halogens is 4. The van der Waals surface area contributed by atoms with Crippen molar-refractivity contribution in [2.75, 3.05) is 49.1 Å². The van der Waals surface area contributed by atoms with Crippen LogP contribution in [-0.4, -0.2) is 157 Å². The molecule has 0 saturated carbocycles. The van der Waals surface area contributed by atoms with Gasteiger partial charge in [0.05, 0.1) is 30.5 Å². The molecule has 17 rings (SSSR count). The predicted octanol–water partition coefficient (Wildman–Crippen LogP) is 9.10. The van der Waals surface area contributed by atoms with Crippen LogP contribution < -0.4 is 20.7 Å². The van der Waals surface area contributed by atoms with Gasteiger partial charge in [-0.05, 0) is 96.4 Å². The van der Waals surface area contributed by atoms with E-state index in [-0.39, 0.29) is 5.56 Å². The maximum absolute atomic E-state index is 11.8. The van der Waals surface area contributed by atoms with Crippen LogP contribution in [-0.2, 0) is 28.2 Å². The molecule has 0 spiro atoms. The Labute approximate surface area is 555 Å². The molecule has 14 aromatic rings. The van der Waals surface area contributed by atoms with Gasteiger partial charge < -0.3 is 20.1 Å². The highest BCUT2D eigenvalue weighted by Gasteiger charge is 2.28. The van der Waals surface area contributed by atoms with Gasteiger partial charge >= 0.3 is 0 Å². The monoisotopic (exact) mass is 1370 g/mol. The Morgan fingerprint density at radius 3 is 1.30 bits per heavy atom. The van der Waals surface area contributed by atoms with E-state index in [0.29, 0.717) is 32.7 Å². The van der Waals surface area contributed by atoms with Gasteiger partial charge in [-0.15, -0.1) is 0 Å². The number of aromatic nitrogens is 24. The fourth-order valence-electron chi connectivity index (χ4n) is 10.3. The summed E-state index contributed by atoms with van der Waals surface area (Å²) in [6.07, 6.45) is 22.5. The zero-order chi connectivity index (χ0) is 65.0. The molecule has 476 valence electrons. The molecule has 3 saturated heterocycles. The number of nitrogens with zero attached hydrogens (tertiary/aromatic N) is 25. The molecular weight excluding hydrogens is 1310 g/mol. The standard InChI is InChI=1S/C19H18ClN7.C13H15N7.C10H9ClN6.C10H10N6O.C6H4BrCl.C3H7N/c1-12-24-16(18-19(26-8-3-9-26)21-11-23-27(12)18)15-10-22-25(2)17(15)13-4-6-14(20)7-5-13;1-9-17-11(10-6-15-18(2)7-10)12-13(19-4-3-5-19)14-8-16-20(9)12;1-6-15-8(7-3-13-16(2)4-7)9-10(11)12-5-14-17(6)9;1-6-14-8(7-3-12-15(2)4-7)9-10(17)11-5-13-16(6)9;7-5-1-3-6(8)4-2-5;1-2-4-3-1/h4-7,10-11H,3,8-9H2,1-2H3;6-8H,3-5H2,1-2H3;3-5H,1-2H3;3-5H,1-2H3,(H,11,13,17);1-4H;4H,1-3H2. The van der Waals surface area contributed by atoms with E-state index in [4.69, 9.17) is 39.8 Å². The van der Waals surface area contributed by atoms with Crippen LogP contribution in [0.1, 0.15) is 42.6 Å². The van der Waals surface area contributed by atoms with Gasteiger partial charge in [0.25, 0.3) is 5.56 Å². The summed E-state index contributed by atoms with van der Waals surface area (Å²) in [4.78, 5) is 50.2. The lowest BCUT2D eigenvalue weighted by Gasteiger charge is -2.32. The van der Waals surface area contributed by atoms with Crippen LogP contribution in [0.5, 0.6) is 0 Å². The first-order valence-corrected chi connectivity index (χ1v) is 31.5. The highest BCUT2D eigenvalue weighted by atomic mass is 79.9. The number of imidazole rings is 4. The van der Waals surface area contributed by atoms with Crippen LogP contribution in [0.4, 0.5) is 11.6 Å². The zero-order valence-electron chi connectivity index (χ0n) is 51.9. The van der Waals surface area contributed by atoms with Crippen molar-refractivity contribution < 1.29 is 0 Å². The minimum atomic E-state index is -0.209. The number of aromatic amines is 1. The van der Waals surface area contributed by atoms with E-state index in [2.05, 4.69) is 107 Å². The van der Waals surface area contributed by atoms with Gasteiger partial charge in [0.2, 0.25) is 0 Å². The smallest absolute Gasteiger partial charge is 0.277 e. The molecule has 3 fully saturated rings. The van der Waals surface area contributed by atoms with E-state index in [1.54, 1.807) is 50.5 Å². The number of fused-ring (bicyclic) bond motifs is 4. The molecule has 0 aliphatic carbocycles. The molecule has 0 unspecified atom stereocenters. The lowest BCUT2D eigenvalue weighted by atomic mass is 10.0. The minimum Gasteiger partial charge on any atom is -0.355 e. The van der Waals surface area contributed by atoms with Crippen molar-refractivity contribution in [2.24, 2.45) is 28.2 Å². The molecule has 0 radical (unpaired) electrons. The second kappa shape index (κ2) is 27.6. The quantitative estimate of drug-likeness (QED) is 0.150. The van der Waals surface area contributed by atoms with Crippen molar-refractivity contribution in [1.82, 2.24) is 123 Å². The summed E-state index contributed by atoms with van der Waals surface area (Å²) in [5.41, 5.74) is 11.6. The van der Waals surface area contributed by atoms with Gasteiger partial charge in [-0.3, -0.25) is 23.5 Å². The van der Waals surface area contributed by atoms with Gasteiger partial charge in [0.15, 0.2) is 22.3 Å². The summed E-state index contributed by atoms with van der Waals surface area (Å²) < 4.78 is 15.0. The normalized spacial score (nSPS) is 13.2. The van der Waals surface area contributed by atoms with Gasteiger partial charge in [0, 0.05) is 115 Å². The van der Waals surface area contributed by atoms with Gasteiger partial charge in [0.1, 0.15) is 87.9 Å². The van der Waals surface area contributed by atoms with Gasteiger partial charge in [-0.1, -0.05) is 62.9 Å². The average molecular weight is 1380 g/mol. The molecule has 32 heteroatoms. The van der Waals surface area contributed by atoms with Crippen molar-refractivity contribution in [3.63, 3.8) is 0 Å². The maximum Gasteiger partial charge on any atom is 0.277 e. The van der Waals surface area contributed by atoms with Crippen LogP contribution in [0.3, 0.4) is 0 Å². The van der Waals surface area contributed by atoms with E-state index in [0.717, 1.165) is 126 Å². The molecule has 12 aromatic heterocycles. The van der Waals surface area contributed by atoms with E-state index in [1.807, 2.05) is 142 Å². The highest BCUT2D eigenvalue weighted by Crippen LogP contribution is 2.38. The molecule has 0 bridgehead atoms. The summed E-state index contributed by atoms with van der Waals surface area (Å²) in [6.45, 7) is 14.2. The first-order valence-electron chi connectivity index (χ1n) is 29.6. The maximum atomic E-state index is 11.8. The molecule has 3 aliphatic rings. The number of benzene rings is 2. The number of nitrogens with one attached hydrogen (secondary N) is 2. The lowest BCUT2D eigenvalue weighted by Crippen LogP contribution is -2.38. The van der Waals surface area contributed by atoms with Crippen LogP contribution in [0.25, 0.3) is 78.4 Å². The number of aryl methyl sites for hydroxylation is 8. The SMILES string of the molecule is C1CNC1.Cc1nc(-c2cnn(C)c2)c2c(=O)[nH]cnn12.Cc1nc(-c2cnn(C)c2)c2c(Cl)ncnn12.Cc1nc(-c2cnn(C)c2)c2c(N3CCC3)ncnn12.Cc1nc(-c2cnn(C)c2-c2ccc(Cl)cc2)c2c(N3CCC3)ncnn12.Clc1ccc(Br)cc1. The lowest BCUT2D eigenvalue weighted by molar-refractivity contribution is 0.527. The van der Waals surface area contributed by atoms with Crippen molar-refractivity contribution in [1.29, 1.82) is 0 Å². The summed E-state index contributed by atoms with van der Waals surface area (Å²) in [5.74, 6) is 5.02. The third-order valence-corrected chi connectivity index (χ3v) is 16.7. The van der Waals surface area contributed by atoms with Gasteiger partial charge in [-0.2, -0.15) is 40.8 Å². The molecule has 3 aliphatic heterocycles. The number of anilines is 2. The first kappa shape index (κ1) is 63.3. The Hall–Kier alpha value is -9.81. The van der Waals surface area contributed by atoms with E-state index >= 15 is 0 Å². The third-order valence-electron chi connectivity index (χ3n) is 15.4. The topological polar surface area (TPSA) is 282 Å². The van der Waals surface area contributed by atoms with Crippen LogP contribution in [0.2, 0.25) is 15.2 Å². The van der Waals surface area contributed by atoms with E-state index < -0.39 is 0 Å². The number of hydrogen-bond donors (Lipinski definition) is 2. The Morgan fingerprint density at radius 1 is 0.462 bits per heavy atom. The van der Waals surface area contributed by atoms with Crippen LogP contribution in [0, 0.1) is 27.7 Å². The third kappa shape index (κ3) is 13.5. The largest absolute Gasteiger partial charge is 0.355 e. The molecule has 2 aromatic carbocycles. The molecule has 0 amide bonds. The summed E-state index contributed by atoms with van der Waals surface area (Å²) in [7, 11) is 7.51. The van der Waals surface area contributed by atoms with Crippen LogP contribution in [0.15, 0.2) is 126 Å². The van der Waals surface area contributed by atoms with Gasteiger partial charge in [-0.25, -0.2) is 52.9 Å². The Morgan fingerprint density at radius 2 is 0.871 bits per heavy atom. The average Bonchev–Trinajstić information content (AvgIpc) is 1.64. The molecule has 0 atom stereocenters. The first-order chi connectivity index (χ1) is 45.0. The summed E-state index contributed by atoms with van der Waals surface area (Å²) in [5, 5.41) is 38.8. The van der Waals surface area contributed by atoms with Crippen molar-refractivity contribution in [2.45, 2.75) is 47.0 Å². The highest BCUT2D eigenvalue weighted by molar-refractivity contribution is 9.10. The van der Waals surface area contributed by atoms with E-state index in [9.17, 15) is 4.79 Å². The second-order valence-electron chi connectivity index (χ2n) is 21.9. The predicted molar refractivity (Wildman–Crippen MR) is 359 cm³/mol. The molecular formula is C61H63BrCl3N27O. The summed E-state index contributed by atoms with van der Waals surface area (Å²) >= 11 is 21.0. The molecule has 93 heavy (non-hydrogen) atoms. The van der Waals surface area contributed by atoms with Crippen LogP contribution >= 0.6 is 50.7 Å². The number of hydrogen-bond acceptors (Lipinski definition) is 19. The minimum absolute atomic E-state index is 0.209. The Bertz CT molecular complexity index is 4960.